The molecule has 0 fully saturated rings. The molecule has 3 N–H and O–H groups in total. The van der Waals surface area contributed by atoms with Gasteiger partial charge in [0.2, 0.25) is 5.91 Å². The maximum absolute atomic E-state index is 12.2. The SMILES string of the molecule is CCOC(=O)c1ccc(NC(=O)Cc2csc(NC(=O)Nc3ccccc3)n2)cc1. The molecule has 3 rings (SSSR count). The van der Waals surface area contributed by atoms with Gasteiger partial charge in [0.15, 0.2) is 5.13 Å². The van der Waals surface area contributed by atoms with Gasteiger partial charge in [-0.25, -0.2) is 14.6 Å². The van der Waals surface area contributed by atoms with Crippen LogP contribution in [-0.4, -0.2) is 29.5 Å². The summed E-state index contributed by atoms with van der Waals surface area (Å²) in [5.41, 5.74) is 2.18. The summed E-state index contributed by atoms with van der Waals surface area (Å²) in [4.78, 5) is 40.1. The third kappa shape index (κ3) is 6.14. The molecule has 8 nitrogen and oxygen atoms in total. The minimum atomic E-state index is -0.409. The number of anilines is 3. The predicted octanol–water partition coefficient (Wildman–Crippen LogP) is 4.15. The Morgan fingerprint density at radius 2 is 1.63 bits per heavy atom. The number of benzene rings is 2. The molecule has 0 aliphatic heterocycles. The maximum Gasteiger partial charge on any atom is 0.338 e. The second kappa shape index (κ2) is 10.2. The van der Waals surface area contributed by atoms with Gasteiger partial charge in [-0.2, -0.15) is 0 Å². The molecule has 0 atom stereocenters. The van der Waals surface area contributed by atoms with Crippen LogP contribution in [-0.2, 0) is 16.0 Å². The second-order valence-electron chi connectivity index (χ2n) is 6.11. The minimum absolute atomic E-state index is 0.0537. The third-order valence-corrected chi connectivity index (χ3v) is 4.63. The molecule has 0 saturated heterocycles. The van der Waals surface area contributed by atoms with Crippen molar-refractivity contribution in [2.45, 2.75) is 13.3 Å². The molecule has 1 aromatic heterocycles. The predicted molar refractivity (Wildman–Crippen MR) is 116 cm³/mol. The summed E-state index contributed by atoms with van der Waals surface area (Å²) in [5, 5.41) is 10.2. The first kappa shape index (κ1) is 21.0. The number of para-hydroxylation sites is 1. The van der Waals surface area contributed by atoms with Crippen molar-refractivity contribution in [3.05, 3.63) is 71.2 Å². The van der Waals surface area contributed by atoms with E-state index in [0.717, 1.165) is 0 Å². The van der Waals surface area contributed by atoms with Crippen molar-refractivity contribution >= 4 is 45.8 Å². The second-order valence-corrected chi connectivity index (χ2v) is 6.97. The number of urea groups is 1. The molecule has 0 aliphatic rings. The number of nitrogens with zero attached hydrogens (tertiary/aromatic N) is 1. The summed E-state index contributed by atoms with van der Waals surface area (Å²) in [6.45, 7) is 2.04. The summed E-state index contributed by atoms with van der Waals surface area (Å²) in [6, 6.07) is 15.1. The molecule has 2 aromatic carbocycles. The Hall–Kier alpha value is -3.72. The number of rotatable bonds is 7. The van der Waals surface area contributed by atoms with Crippen LogP contribution in [0.25, 0.3) is 0 Å². The first-order valence-electron chi connectivity index (χ1n) is 9.18. The smallest absolute Gasteiger partial charge is 0.338 e. The first-order chi connectivity index (χ1) is 14.5. The van der Waals surface area contributed by atoms with Crippen molar-refractivity contribution in [2.24, 2.45) is 0 Å². The quantitative estimate of drug-likeness (QED) is 0.494. The topological polar surface area (TPSA) is 109 Å². The Labute approximate surface area is 177 Å². The molecule has 0 unspecified atom stereocenters. The van der Waals surface area contributed by atoms with Crippen molar-refractivity contribution < 1.29 is 19.1 Å². The largest absolute Gasteiger partial charge is 0.462 e. The molecular weight excluding hydrogens is 404 g/mol. The third-order valence-electron chi connectivity index (χ3n) is 3.83. The summed E-state index contributed by atoms with van der Waals surface area (Å²) < 4.78 is 4.92. The van der Waals surface area contributed by atoms with E-state index in [2.05, 4.69) is 20.9 Å². The van der Waals surface area contributed by atoms with Gasteiger partial charge in [0.05, 0.1) is 24.3 Å². The van der Waals surface area contributed by atoms with Gasteiger partial charge in [0, 0.05) is 16.8 Å². The van der Waals surface area contributed by atoms with Crippen LogP contribution in [0.1, 0.15) is 23.0 Å². The summed E-state index contributed by atoms with van der Waals surface area (Å²) in [6.07, 6.45) is 0.0537. The van der Waals surface area contributed by atoms with Gasteiger partial charge < -0.3 is 15.4 Å². The molecule has 30 heavy (non-hydrogen) atoms. The van der Waals surface area contributed by atoms with Gasteiger partial charge in [0.1, 0.15) is 0 Å². The zero-order chi connectivity index (χ0) is 21.3. The van der Waals surface area contributed by atoms with Gasteiger partial charge in [-0.05, 0) is 43.3 Å². The lowest BCUT2D eigenvalue weighted by atomic mass is 10.2. The number of ether oxygens (including phenoxy) is 1. The van der Waals surface area contributed by atoms with E-state index in [0.29, 0.717) is 34.4 Å². The Morgan fingerprint density at radius 1 is 0.933 bits per heavy atom. The van der Waals surface area contributed by atoms with Crippen LogP contribution in [0.5, 0.6) is 0 Å². The molecule has 0 spiro atoms. The standard InChI is InChI=1S/C21H20N4O4S/c1-2-29-19(27)14-8-10-16(11-9-14)22-18(26)12-17-13-30-21(24-17)25-20(28)23-15-6-4-3-5-7-15/h3-11,13H,2,12H2,1H3,(H,22,26)(H2,23,24,25,28). The molecule has 3 amide bonds. The highest BCUT2D eigenvalue weighted by Gasteiger charge is 2.11. The van der Waals surface area contributed by atoms with Crippen LogP contribution < -0.4 is 16.0 Å². The molecule has 3 aromatic rings. The lowest BCUT2D eigenvalue weighted by molar-refractivity contribution is -0.115. The summed E-state index contributed by atoms with van der Waals surface area (Å²) in [5.74, 6) is -0.668. The highest BCUT2D eigenvalue weighted by Crippen LogP contribution is 2.17. The van der Waals surface area contributed by atoms with E-state index in [4.69, 9.17) is 4.74 Å². The monoisotopic (exact) mass is 424 g/mol. The summed E-state index contributed by atoms with van der Waals surface area (Å²) >= 11 is 1.23. The van der Waals surface area contributed by atoms with E-state index in [1.54, 1.807) is 48.7 Å². The Morgan fingerprint density at radius 3 is 2.33 bits per heavy atom. The number of esters is 1. The zero-order valence-electron chi connectivity index (χ0n) is 16.2. The van der Waals surface area contributed by atoms with E-state index in [-0.39, 0.29) is 12.3 Å². The normalized spacial score (nSPS) is 10.2. The fourth-order valence-electron chi connectivity index (χ4n) is 2.50. The number of hydrogen-bond donors (Lipinski definition) is 3. The van der Waals surface area contributed by atoms with Crippen LogP contribution in [0.3, 0.4) is 0 Å². The molecule has 0 saturated carbocycles. The number of aromatic nitrogens is 1. The van der Waals surface area contributed by atoms with Gasteiger partial charge in [-0.15, -0.1) is 11.3 Å². The molecule has 0 radical (unpaired) electrons. The van der Waals surface area contributed by atoms with E-state index < -0.39 is 12.0 Å². The van der Waals surface area contributed by atoms with Gasteiger partial charge in [-0.3, -0.25) is 10.1 Å². The molecule has 0 aliphatic carbocycles. The van der Waals surface area contributed by atoms with Crippen LogP contribution in [0.4, 0.5) is 21.3 Å². The van der Waals surface area contributed by atoms with Crippen molar-refractivity contribution in [3.8, 4) is 0 Å². The highest BCUT2D eigenvalue weighted by atomic mass is 32.1. The number of carbonyl (C=O) groups is 3. The number of carbonyl (C=O) groups excluding carboxylic acids is 3. The fraction of sp³-hybridized carbons (Fsp3) is 0.143. The zero-order valence-corrected chi connectivity index (χ0v) is 17.0. The van der Waals surface area contributed by atoms with Crippen molar-refractivity contribution in [1.29, 1.82) is 0 Å². The van der Waals surface area contributed by atoms with E-state index in [9.17, 15) is 14.4 Å². The molecular formula is C21H20N4O4S. The van der Waals surface area contributed by atoms with Crippen LogP contribution in [0.2, 0.25) is 0 Å². The number of thiazole rings is 1. The average molecular weight is 424 g/mol. The Bertz CT molecular complexity index is 1020. The minimum Gasteiger partial charge on any atom is -0.462 e. The molecule has 9 heteroatoms. The lowest BCUT2D eigenvalue weighted by Crippen LogP contribution is -2.19. The molecule has 0 bridgehead atoms. The van der Waals surface area contributed by atoms with Crippen molar-refractivity contribution in [3.63, 3.8) is 0 Å². The fourth-order valence-corrected chi connectivity index (χ4v) is 3.21. The summed E-state index contributed by atoms with van der Waals surface area (Å²) in [7, 11) is 0. The van der Waals surface area contributed by atoms with Crippen LogP contribution in [0, 0.1) is 0 Å². The first-order valence-corrected chi connectivity index (χ1v) is 10.1. The van der Waals surface area contributed by atoms with Crippen LogP contribution in [0.15, 0.2) is 60.0 Å². The molecule has 154 valence electrons. The van der Waals surface area contributed by atoms with Crippen molar-refractivity contribution in [2.75, 3.05) is 22.6 Å². The van der Waals surface area contributed by atoms with Crippen molar-refractivity contribution in [1.82, 2.24) is 4.98 Å². The number of amides is 3. The maximum atomic E-state index is 12.2. The number of hydrogen-bond acceptors (Lipinski definition) is 6. The van der Waals surface area contributed by atoms with Crippen LogP contribution >= 0.6 is 11.3 Å². The highest BCUT2D eigenvalue weighted by molar-refractivity contribution is 7.14. The number of nitrogens with one attached hydrogen (secondary N) is 3. The van der Waals surface area contributed by atoms with E-state index in [1.165, 1.54) is 11.3 Å². The van der Waals surface area contributed by atoms with E-state index in [1.807, 2.05) is 18.2 Å². The Kier molecular flexibility index (Phi) is 7.12. The average Bonchev–Trinajstić information content (AvgIpc) is 3.15. The Balaban J connectivity index is 1.49. The van der Waals surface area contributed by atoms with Gasteiger partial charge in [-0.1, -0.05) is 18.2 Å². The van der Waals surface area contributed by atoms with Gasteiger partial charge in [0.25, 0.3) is 0 Å². The van der Waals surface area contributed by atoms with Gasteiger partial charge >= 0.3 is 12.0 Å². The van der Waals surface area contributed by atoms with E-state index >= 15 is 0 Å². The molecule has 1 heterocycles. The lowest BCUT2D eigenvalue weighted by Gasteiger charge is -2.06.